The second-order valence-corrected chi connectivity index (χ2v) is 6.07. The van der Waals surface area contributed by atoms with Gasteiger partial charge in [0.15, 0.2) is 9.84 Å². The maximum absolute atomic E-state index is 11.1. The van der Waals surface area contributed by atoms with Crippen molar-refractivity contribution in [1.29, 1.82) is 0 Å². The second-order valence-electron chi connectivity index (χ2n) is 3.84. The van der Waals surface area contributed by atoms with Gasteiger partial charge in [0.05, 0.1) is 11.5 Å². The maximum atomic E-state index is 11.1. The predicted octanol–water partition coefficient (Wildman–Crippen LogP) is -0.973. The van der Waals surface area contributed by atoms with Gasteiger partial charge in [0.2, 0.25) is 5.91 Å². The number of hydrogen-bond acceptors (Lipinski definition) is 4. The number of sulfone groups is 1. The average Bonchev–Trinajstić information content (AvgIpc) is 2.27. The van der Waals surface area contributed by atoms with Gasteiger partial charge in [-0.1, -0.05) is 0 Å². The Morgan fingerprint density at radius 3 is 2.71 bits per heavy atom. The van der Waals surface area contributed by atoms with Crippen LogP contribution in [0.4, 0.5) is 0 Å². The van der Waals surface area contributed by atoms with Crippen LogP contribution in [0, 0.1) is 0 Å². The van der Waals surface area contributed by atoms with Gasteiger partial charge in [-0.25, -0.2) is 8.42 Å². The lowest BCUT2D eigenvalue weighted by Crippen LogP contribution is -2.39. The third-order valence-corrected chi connectivity index (χ3v) is 4.03. The molecule has 2 atom stereocenters. The Labute approximate surface area is 84.0 Å². The summed E-state index contributed by atoms with van der Waals surface area (Å²) < 4.78 is 22.2. The molecule has 0 saturated carbocycles. The van der Waals surface area contributed by atoms with E-state index in [1.165, 1.54) is 0 Å². The number of primary amides is 1. The van der Waals surface area contributed by atoms with Crippen molar-refractivity contribution >= 4 is 15.7 Å². The van der Waals surface area contributed by atoms with Crippen LogP contribution in [0.1, 0.15) is 19.8 Å². The van der Waals surface area contributed by atoms with Gasteiger partial charge >= 0.3 is 0 Å². The molecule has 14 heavy (non-hydrogen) atoms. The van der Waals surface area contributed by atoms with E-state index in [2.05, 4.69) is 5.32 Å². The minimum Gasteiger partial charge on any atom is -0.370 e. The van der Waals surface area contributed by atoms with Crippen molar-refractivity contribution in [2.24, 2.45) is 5.73 Å². The summed E-state index contributed by atoms with van der Waals surface area (Å²) in [6.45, 7) is 1.83. The number of amides is 1. The molecule has 2 unspecified atom stereocenters. The molecule has 0 spiro atoms. The van der Waals surface area contributed by atoms with Crippen LogP contribution in [-0.4, -0.2) is 37.9 Å². The Kier molecular flexibility index (Phi) is 3.49. The largest absolute Gasteiger partial charge is 0.370 e. The van der Waals surface area contributed by atoms with Gasteiger partial charge in [-0.15, -0.1) is 0 Å². The van der Waals surface area contributed by atoms with Crippen LogP contribution in [0.5, 0.6) is 0 Å². The quantitative estimate of drug-likeness (QED) is 0.637. The lowest BCUT2D eigenvalue weighted by Gasteiger charge is -2.16. The maximum Gasteiger partial charge on any atom is 0.218 e. The van der Waals surface area contributed by atoms with Crippen LogP contribution in [-0.2, 0) is 14.6 Å². The molecule has 0 aromatic heterocycles. The molecule has 0 aliphatic carbocycles. The van der Waals surface area contributed by atoms with Crippen molar-refractivity contribution in [2.75, 3.05) is 11.5 Å². The Hall–Kier alpha value is -0.620. The highest BCUT2D eigenvalue weighted by molar-refractivity contribution is 7.91. The SMILES string of the molecule is CC(CC(N)=O)NC1CCS(=O)(=O)C1. The number of carbonyl (C=O) groups is 1. The molecule has 0 aromatic carbocycles. The fourth-order valence-electron chi connectivity index (χ4n) is 1.69. The fraction of sp³-hybridized carbons (Fsp3) is 0.875. The summed E-state index contributed by atoms with van der Waals surface area (Å²) in [5.41, 5.74) is 5.02. The molecule has 0 radical (unpaired) electrons. The van der Waals surface area contributed by atoms with Crippen molar-refractivity contribution in [3.05, 3.63) is 0 Å². The highest BCUT2D eigenvalue weighted by atomic mass is 32.2. The van der Waals surface area contributed by atoms with Crippen molar-refractivity contribution < 1.29 is 13.2 Å². The molecule has 3 N–H and O–H groups in total. The number of nitrogens with one attached hydrogen (secondary N) is 1. The van der Waals surface area contributed by atoms with Gasteiger partial charge in [0.1, 0.15) is 0 Å². The standard InChI is InChI=1S/C8H16N2O3S/c1-6(4-8(9)11)10-7-2-3-14(12,13)5-7/h6-7,10H,2-5H2,1H3,(H2,9,11). The first kappa shape index (κ1) is 11.5. The van der Waals surface area contributed by atoms with Gasteiger partial charge in [0.25, 0.3) is 0 Å². The van der Waals surface area contributed by atoms with E-state index in [0.29, 0.717) is 6.42 Å². The molecule has 82 valence electrons. The first-order valence-corrected chi connectivity index (χ1v) is 6.46. The van der Waals surface area contributed by atoms with Crippen molar-refractivity contribution in [2.45, 2.75) is 31.8 Å². The topological polar surface area (TPSA) is 89.3 Å². The summed E-state index contributed by atoms with van der Waals surface area (Å²) in [4.78, 5) is 10.6. The van der Waals surface area contributed by atoms with Crippen LogP contribution >= 0.6 is 0 Å². The molecular formula is C8H16N2O3S. The minimum absolute atomic E-state index is 0.0191. The zero-order chi connectivity index (χ0) is 10.8. The van der Waals surface area contributed by atoms with E-state index in [-0.39, 0.29) is 35.9 Å². The summed E-state index contributed by atoms with van der Waals surface area (Å²) >= 11 is 0. The highest BCUT2D eigenvalue weighted by Crippen LogP contribution is 2.12. The second kappa shape index (κ2) is 4.27. The van der Waals surface area contributed by atoms with E-state index in [1.54, 1.807) is 0 Å². The van der Waals surface area contributed by atoms with Gasteiger partial charge in [-0.3, -0.25) is 4.79 Å². The molecule has 1 amide bonds. The minimum atomic E-state index is -2.85. The highest BCUT2D eigenvalue weighted by Gasteiger charge is 2.28. The van der Waals surface area contributed by atoms with Crippen molar-refractivity contribution in [3.63, 3.8) is 0 Å². The fourth-order valence-corrected chi connectivity index (χ4v) is 3.38. The predicted molar refractivity (Wildman–Crippen MR) is 53.5 cm³/mol. The third-order valence-electron chi connectivity index (χ3n) is 2.26. The number of rotatable bonds is 4. The first-order chi connectivity index (χ1) is 6.39. The Bertz CT molecular complexity index is 313. The summed E-state index contributed by atoms with van der Waals surface area (Å²) in [6, 6.07) is -0.0693. The average molecular weight is 220 g/mol. The summed E-state index contributed by atoms with van der Waals surface area (Å²) in [5, 5.41) is 3.09. The lowest BCUT2D eigenvalue weighted by atomic mass is 10.2. The molecule has 1 heterocycles. The monoisotopic (exact) mass is 220 g/mol. The Morgan fingerprint density at radius 2 is 2.29 bits per heavy atom. The Balaban J connectivity index is 2.36. The number of carbonyl (C=O) groups excluding carboxylic acids is 1. The van der Waals surface area contributed by atoms with Crippen LogP contribution in [0.3, 0.4) is 0 Å². The molecule has 1 fully saturated rings. The zero-order valence-electron chi connectivity index (χ0n) is 8.19. The Morgan fingerprint density at radius 1 is 1.64 bits per heavy atom. The molecule has 0 bridgehead atoms. The molecule has 5 nitrogen and oxygen atoms in total. The lowest BCUT2D eigenvalue weighted by molar-refractivity contribution is -0.118. The summed E-state index contributed by atoms with van der Waals surface area (Å²) in [5.74, 6) is 0.0511. The van der Waals surface area contributed by atoms with E-state index in [1.807, 2.05) is 6.92 Å². The first-order valence-electron chi connectivity index (χ1n) is 4.64. The van der Waals surface area contributed by atoms with Crippen LogP contribution < -0.4 is 11.1 Å². The van der Waals surface area contributed by atoms with E-state index in [0.717, 1.165) is 0 Å². The molecule has 0 aromatic rings. The molecular weight excluding hydrogens is 204 g/mol. The number of nitrogens with two attached hydrogens (primary N) is 1. The van der Waals surface area contributed by atoms with Crippen molar-refractivity contribution in [3.8, 4) is 0 Å². The van der Waals surface area contributed by atoms with Crippen molar-refractivity contribution in [1.82, 2.24) is 5.32 Å². The van der Waals surface area contributed by atoms with E-state index < -0.39 is 9.84 Å². The molecule has 6 heteroatoms. The van der Waals surface area contributed by atoms with E-state index in [9.17, 15) is 13.2 Å². The van der Waals surface area contributed by atoms with Crippen LogP contribution in [0.25, 0.3) is 0 Å². The molecule has 1 rings (SSSR count). The summed E-state index contributed by atoms with van der Waals surface area (Å²) in [7, 11) is -2.85. The van der Waals surface area contributed by atoms with Gasteiger partial charge < -0.3 is 11.1 Å². The number of hydrogen-bond donors (Lipinski definition) is 2. The molecule has 1 aliphatic heterocycles. The van der Waals surface area contributed by atoms with Gasteiger partial charge in [-0.2, -0.15) is 0 Å². The van der Waals surface area contributed by atoms with E-state index in [4.69, 9.17) is 5.73 Å². The molecule has 1 saturated heterocycles. The normalized spacial score (nSPS) is 27.4. The summed E-state index contributed by atoms with van der Waals surface area (Å²) in [6.07, 6.45) is 0.877. The van der Waals surface area contributed by atoms with Gasteiger partial charge in [-0.05, 0) is 13.3 Å². The third kappa shape index (κ3) is 3.63. The zero-order valence-corrected chi connectivity index (χ0v) is 9.01. The van der Waals surface area contributed by atoms with Crippen LogP contribution in [0.2, 0.25) is 0 Å². The van der Waals surface area contributed by atoms with Crippen LogP contribution in [0.15, 0.2) is 0 Å². The molecule has 1 aliphatic rings. The smallest absolute Gasteiger partial charge is 0.218 e. The van der Waals surface area contributed by atoms with Gasteiger partial charge in [0, 0.05) is 18.5 Å². The van der Waals surface area contributed by atoms with E-state index >= 15 is 0 Å².